The highest BCUT2D eigenvalue weighted by atomic mass is 16.5. The van der Waals surface area contributed by atoms with Gasteiger partial charge in [0.2, 0.25) is 41.3 Å². The molecule has 0 N–H and O–H groups in total. The smallest absolute Gasteiger partial charge is 0.237 e. The van der Waals surface area contributed by atoms with Gasteiger partial charge in [0.05, 0.1) is 67.3 Å². The van der Waals surface area contributed by atoms with Crippen molar-refractivity contribution in [2.75, 3.05) is 150 Å². The summed E-state index contributed by atoms with van der Waals surface area (Å²) in [6.45, 7) is 22.2. The number of rotatable bonds is 21. The molecule has 30 nitrogen and oxygen atoms in total. The lowest BCUT2D eigenvalue weighted by atomic mass is 9.85. The zero-order valence-corrected chi connectivity index (χ0v) is 79.1. The van der Waals surface area contributed by atoms with E-state index < -0.39 is 5.41 Å². The van der Waals surface area contributed by atoms with E-state index in [9.17, 15) is 28.8 Å². The van der Waals surface area contributed by atoms with Crippen LogP contribution in [-0.2, 0) is 69.0 Å². The fourth-order valence-electron chi connectivity index (χ4n) is 22.6. The summed E-state index contributed by atoms with van der Waals surface area (Å²) in [6.07, 6.45) is 22.9. The number of carbonyl (C=O) groups is 6. The van der Waals surface area contributed by atoms with Gasteiger partial charge in [-0.25, -0.2) is 19.9 Å². The third kappa shape index (κ3) is 18.0. The van der Waals surface area contributed by atoms with E-state index in [-0.39, 0.29) is 52.4 Å². The second kappa shape index (κ2) is 37.0. The van der Waals surface area contributed by atoms with Crippen LogP contribution in [0.25, 0.3) is 45.3 Å². The molecule has 12 aliphatic heterocycles. The molecule has 14 aliphatic rings. The zero-order chi connectivity index (χ0) is 93.4. The van der Waals surface area contributed by atoms with Gasteiger partial charge < -0.3 is 39.0 Å². The fourth-order valence-corrected chi connectivity index (χ4v) is 22.6. The average molecular weight is 1840 g/mol. The van der Waals surface area contributed by atoms with Crippen LogP contribution in [0.5, 0.6) is 5.88 Å². The van der Waals surface area contributed by atoms with Crippen molar-refractivity contribution >= 4 is 86.5 Å². The van der Waals surface area contributed by atoms with E-state index in [4.69, 9.17) is 19.7 Å². The minimum absolute atomic E-state index is 0.0576. The molecule has 137 heavy (non-hydrogen) atoms. The van der Waals surface area contributed by atoms with Gasteiger partial charge in [0.1, 0.15) is 19.0 Å². The Morgan fingerprint density at radius 2 is 0.803 bits per heavy atom. The highest BCUT2D eigenvalue weighted by molar-refractivity contribution is 6.16. The molecule has 3 spiro atoms. The highest BCUT2D eigenvalue weighted by Gasteiger charge is 2.55. The normalized spacial score (nSPS) is 22.5. The molecule has 0 radical (unpaired) electrons. The van der Waals surface area contributed by atoms with Crippen molar-refractivity contribution in [2.45, 2.75) is 130 Å². The van der Waals surface area contributed by atoms with Gasteiger partial charge in [0.15, 0.2) is 17.5 Å². The minimum atomic E-state index is -0.447. The largest absolute Gasteiger partial charge is 0.475 e. The van der Waals surface area contributed by atoms with Gasteiger partial charge in [-0.05, 0) is 223 Å². The SMILES string of the molecule is CCn1cnc(-c2ccc(C3=CCN(C(=O)CN4CC[C@]5(CCN(c6ccc7c(c6)C(c6ccc(OC(C)C)nc6)=NC7)C5=O)C4)CC3)cc2)n1.Cn1cnc(-c2ccc(C3=CCN(C(=O)CN4CC[C@]5(CCN(c6ccc7c(c6)C(C6CC6)=NC7)C5=O)C4)CC3)cc2)n1.Cn1cnc(-c2ccc(N3CCN(C(=O)CN4CC[C@]5(CCN(c6ccc7c(c6)C(C6CC6)=NC7)C5=O)C4)CC3)cc2)n1. The van der Waals surface area contributed by atoms with Crippen LogP contribution in [0.1, 0.15) is 148 Å². The number of benzene rings is 6. The summed E-state index contributed by atoms with van der Waals surface area (Å²) in [5.41, 5.74) is 22.3. The van der Waals surface area contributed by atoms with E-state index in [1.807, 2.05) is 93.3 Å². The Morgan fingerprint density at radius 3 is 1.20 bits per heavy atom. The first kappa shape index (κ1) is 88.9. The zero-order valence-electron chi connectivity index (χ0n) is 79.1. The molecule has 4 aromatic heterocycles. The predicted octanol–water partition coefficient (Wildman–Crippen LogP) is 12.2. The molecule has 10 aromatic rings. The molecule has 6 aromatic carbocycles. The standard InChI is InChI=1S/C40H44N8O3.C34H37N7O2.C33H38N8O2/c1-4-47-26-43-38(44-47)30-7-5-28(6-8-30)29-13-17-46(18-14-29)36(49)24-45-19-15-40(25-45)16-20-48(39(40)50)33-11-9-31-22-42-37(34(31)21-33)32-10-12-35(41-23-32)51-27(2)3;1-38-22-36-32(37-38)26-6-2-23(3-7-26)24-10-14-40(15-11-24)30(42)20-39-16-12-34(21-39)13-17-41(33(34)43)28-9-8-27-19-35-31(25-4-5-25)29(27)18-28;1-37-22-35-31(36-37)24-4-7-26(8-5-24)39-14-16-40(17-15-39)29(42)20-38-12-10-33(21-38)11-13-41(32(33)43)27-9-6-25-19-34-30(23-2-3-23)28(25)18-27/h5-13,21,23,26-27H,4,14-20,22,24-25H2,1-3H3;2-3,6-10,18,22,25H,4-5,11-17,19-21H2,1H3;4-9,18,22-23H,2-3,10-17,19-21H2,1H3/t40-;34-;33-/m000/s1. The Morgan fingerprint density at radius 1 is 0.409 bits per heavy atom. The Balaban J connectivity index is 0.000000119. The quantitative estimate of drug-likeness (QED) is 0.0646. The average Bonchev–Trinajstić information content (AvgIpc) is 1.60. The molecule has 16 heterocycles. The van der Waals surface area contributed by atoms with Crippen molar-refractivity contribution in [3.63, 3.8) is 0 Å². The van der Waals surface area contributed by atoms with E-state index in [0.717, 1.165) is 196 Å². The van der Waals surface area contributed by atoms with Gasteiger partial charge >= 0.3 is 0 Å². The van der Waals surface area contributed by atoms with Crippen molar-refractivity contribution in [1.82, 2.24) is 78.7 Å². The lowest BCUT2D eigenvalue weighted by Gasteiger charge is -2.37. The maximum Gasteiger partial charge on any atom is 0.237 e. The number of fused-ring (bicyclic) bond motifs is 3. The van der Waals surface area contributed by atoms with Gasteiger partial charge in [-0.3, -0.25) is 72.5 Å². The number of piperazine rings is 1. The lowest BCUT2D eigenvalue weighted by molar-refractivity contribution is -0.133. The van der Waals surface area contributed by atoms with Crippen LogP contribution in [0.3, 0.4) is 0 Å². The van der Waals surface area contributed by atoms with Crippen molar-refractivity contribution in [2.24, 2.45) is 57.2 Å². The van der Waals surface area contributed by atoms with Crippen molar-refractivity contribution in [1.29, 1.82) is 0 Å². The van der Waals surface area contributed by atoms with Crippen LogP contribution in [-0.4, -0.2) is 268 Å². The monoisotopic (exact) mass is 1840 g/mol. The third-order valence-electron chi connectivity index (χ3n) is 30.8. The molecule has 24 rings (SSSR count). The fraction of sp³-hybridized carbons (Fsp3) is 0.439. The topological polar surface area (TPSA) is 286 Å². The van der Waals surface area contributed by atoms with Gasteiger partial charge in [-0.15, -0.1) is 0 Å². The summed E-state index contributed by atoms with van der Waals surface area (Å²) in [7, 11) is 3.73. The molecule has 2 saturated carbocycles. The second-order valence-electron chi connectivity index (χ2n) is 40.2. The minimum Gasteiger partial charge on any atom is -0.475 e. The maximum atomic E-state index is 14.1. The number of aliphatic imine (C=N–C) groups is 3. The number of hydrogen-bond acceptors (Lipinski definition) is 21. The van der Waals surface area contributed by atoms with Crippen LogP contribution >= 0.6 is 0 Å². The number of aryl methyl sites for hydroxylation is 3. The number of anilines is 4. The van der Waals surface area contributed by atoms with Crippen molar-refractivity contribution in [3.05, 3.63) is 227 Å². The molecule has 2 aliphatic carbocycles. The molecule has 7 saturated heterocycles. The third-order valence-corrected chi connectivity index (χ3v) is 30.8. The van der Waals surface area contributed by atoms with E-state index in [1.165, 1.54) is 81.6 Å². The van der Waals surface area contributed by atoms with Crippen molar-refractivity contribution in [3.8, 4) is 40.0 Å². The summed E-state index contributed by atoms with van der Waals surface area (Å²) >= 11 is 0. The molecule has 704 valence electrons. The molecule has 3 atom stereocenters. The van der Waals surface area contributed by atoms with E-state index >= 15 is 0 Å². The molecule has 6 amide bonds. The Kier molecular flexibility index (Phi) is 24.0. The second-order valence-corrected chi connectivity index (χ2v) is 40.2. The van der Waals surface area contributed by atoms with Crippen LogP contribution < -0.4 is 24.3 Å². The summed E-state index contributed by atoms with van der Waals surface area (Å²) in [5.74, 6) is 5.05. The number of likely N-dealkylation sites (tertiary alicyclic amines) is 3. The molecule has 0 unspecified atom stereocenters. The lowest BCUT2D eigenvalue weighted by Crippen LogP contribution is -2.51. The molecule has 30 heteroatoms. The van der Waals surface area contributed by atoms with Crippen molar-refractivity contribution < 1.29 is 33.5 Å². The number of pyridine rings is 1. The summed E-state index contributed by atoms with van der Waals surface area (Å²) in [6, 6.07) is 48.1. The Hall–Kier alpha value is -13.3. The van der Waals surface area contributed by atoms with Gasteiger partial charge in [0.25, 0.3) is 0 Å². The summed E-state index contributed by atoms with van der Waals surface area (Å²) in [5, 5.41) is 13.3. The van der Waals surface area contributed by atoms with E-state index in [2.05, 4.69) is 188 Å². The van der Waals surface area contributed by atoms with Gasteiger partial charge in [0, 0.05) is 209 Å². The van der Waals surface area contributed by atoms with Crippen LogP contribution in [0.4, 0.5) is 22.7 Å². The van der Waals surface area contributed by atoms with Gasteiger partial charge in [-0.2, -0.15) is 15.3 Å². The predicted molar refractivity (Wildman–Crippen MR) is 527 cm³/mol. The summed E-state index contributed by atoms with van der Waals surface area (Å²) < 4.78 is 10.9. The number of nitrogens with zero attached hydrogens (tertiary/aromatic N) is 23. The highest BCUT2D eigenvalue weighted by Crippen LogP contribution is 2.49. The first-order valence-corrected chi connectivity index (χ1v) is 49.4. The molecular weight excluding hydrogens is 1720 g/mol. The Bertz CT molecular complexity index is 6510. The number of hydrogen-bond donors (Lipinski definition) is 0. The summed E-state index contributed by atoms with van der Waals surface area (Å²) in [4.78, 5) is 134. The number of carbonyl (C=O) groups excluding carboxylic acids is 6. The Labute approximate surface area is 798 Å². The van der Waals surface area contributed by atoms with Crippen LogP contribution in [0.2, 0.25) is 0 Å². The number of ether oxygens (including phenoxy) is 1. The van der Waals surface area contributed by atoms with Gasteiger partial charge in [-0.1, -0.05) is 78.9 Å². The molecule has 9 fully saturated rings. The first-order chi connectivity index (χ1) is 66.7. The maximum absolute atomic E-state index is 14.1. The molecule has 0 bridgehead atoms. The van der Waals surface area contributed by atoms with Crippen LogP contribution in [0, 0.1) is 28.1 Å². The number of aromatic nitrogens is 10. The van der Waals surface area contributed by atoms with E-state index in [1.54, 1.807) is 28.3 Å². The number of amides is 6. The van der Waals surface area contributed by atoms with Crippen LogP contribution in [0.15, 0.2) is 192 Å². The van der Waals surface area contributed by atoms with E-state index in [0.29, 0.717) is 109 Å². The first-order valence-electron chi connectivity index (χ1n) is 49.4. The molecular formula is C107H119N23O7.